The molecule has 0 radical (unpaired) electrons. The van der Waals surface area contributed by atoms with Crippen LogP contribution in [0.5, 0.6) is 0 Å². The number of carbonyl (C=O) groups is 1. The fourth-order valence-electron chi connectivity index (χ4n) is 1.72. The summed E-state index contributed by atoms with van der Waals surface area (Å²) in [5, 5.41) is 2.42. The number of hydrazine groups is 1. The molecule has 82 valence electrons. The van der Waals surface area contributed by atoms with E-state index in [1.165, 1.54) is 10.8 Å². The second-order valence-electron chi connectivity index (χ2n) is 3.75. The van der Waals surface area contributed by atoms with E-state index < -0.39 is 0 Å². The van der Waals surface area contributed by atoms with E-state index in [1.54, 1.807) is 0 Å². The average Bonchev–Trinajstić information content (AvgIpc) is 2.35. The molecule has 0 fully saturated rings. The number of benzene rings is 2. The minimum absolute atomic E-state index is 0.131. The molecule has 0 aliphatic rings. The number of hydrogen-bond donors (Lipinski definition) is 2. The first-order valence-electron chi connectivity index (χ1n) is 5.27. The summed E-state index contributed by atoms with van der Waals surface area (Å²) in [6.07, 6.45) is 1.14. The quantitative estimate of drug-likeness (QED) is 0.464. The summed E-state index contributed by atoms with van der Waals surface area (Å²) in [5.74, 6) is 4.90. The van der Waals surface area contributed by atoms with Crippen LogP contribution >= 0.6 is 0 Å². The SMILES string of the molecule is NNC(=O)CCc1ccc2ccccc2c1. The molecule has 0 spiro atoms. The van der Waals surface area contributed by atoms with Gasteiger partial charge in [0.1, 0.15) is 0 Å². The molecule has 16 heavy (non-hydrogen) atoms. The predicted molar refractivity (Wildman–Crippen MR) is 64.6 cm³/mol. The summed E-state index contributed by atoms with van der Waals surface area (Å²) in [6, 6.07) is 14.4. The molecular formula is C13H14N2O. The molecule has 0 aliphatic carbocycles. The standard InChI is InChI=1S/C13H14N2O/c14-15-13(16)8-6-10-5-7-11-3-1-2-4-12(11)9-10/h1-5,7,9H,6,8,14H2,(H,15,16). The molecule has 3 N–H and O–H groups in total. The molecule has 2 aromatic rings. The monoisotopic (exact) mass is 214 g/mol. The summed E-state index contributed by atoms with van der Waals surface area (Å²) in [4.78, 5) is 11.0. The Hall–Kier alpha value is -1.87. The van der Waals surface area contributed by atoms with Gasteiger partial charge >= 0.3 is 0 Å². The van der Waals surface area contributed by atoms with Crippen LogP contribution in [-0.4, -0.2) is 5.91 Å². The Bertz CT molecular complexity index is 508. The van der Waals surface area contributed by atoms with Crippen molar-refractivity contribution in [2.45, 2.75) is 12.8 Å². The number of nitrogens with two attached hydrogens (primary N) is 1. The van der Waals surface area contributed by atoms with E-state index in [1.807, 2.05) is 18.2 Å². The largest absolute Gasteiger partial charge is 0.294 e. The minimum atomic E-state index is -0.131. The molecular weight excluding hydrogens is 200 g/mol. The van der Waals surface area contributed by atoms with Crippen molar-refractivity contribution >= 4 is 16.7 Å². The van der Waals surface area contributed by atoms with Crippen molar-refractivity contribution in [1.29, 1.82) is 0 Å². The van der Waals surface area contributed by atoms with Gasteiger partial charge in [-0.2, -0.15) is 0 Å². The van der Waals surface area contributed by atoms with E-state index in [4.69, 9.17) is 5.84 Å². The van der Waals surface area contributed by atoms with Crippen molar-refractivity contribution in [3.63, 3.8) is 0 Å². The van der Waals surface area contributed by atoms with E-state index in [0.29, 0.717) is 12.8 Å². The predicted octanol–water partition coefficient (Wildman–Crippen LogP) is 1.76. The Balaban J connectivity index is 2.16. The van der Waals surface area contributed by atoms with E-state index >= 15 is 0 Å². The summed E-state index contributed by atoms with van der Waals surface area (Å²) in [7, 11) is 0. The van der Waals surface area contributed by atoms with Crippen LogP contribution in [0.2, 0.25) is 0 Å². The molecule has 3 heteroatoms. The highest BCUT2D eigenvalue weighted by molar-refractivity contribution is 5.83. The van der Waals surface area contributed by atoms with Crippen LogP contribution in [0.3, 0.4) is 0 Å². The maximum Gasteiger partial charge on any atom is 0.234 e. The number of hydrogen-bond acceptors (Lipinski definition) is 2. The lowest BCUT2D eigenvalue weighted by Crippen LogP contribution is -2.30. The fraction of sp³-hybridized carbons (Fsp3) is 0.154. The third kappa shape index (κ3) is 2.38. The first-order valence-corrected chi connectivity index (χ1v) is 5.27. The third-order valence-corrected chi connectivity index (χ3v) is 2.62. The fourth-order valence-corrected chi connectivity index (χ4v) is 1.72. The Labute approximate surface area is 94.2 Å². The van der Waals surface area contributed by atoms with E-state index in [9.17, 15) is 4.79 Å². The van der Waals surface area contributed by atoms with Crippen LogP contribution in [0.4, 0.5) is 0 Å². The zero-order chi connectivity index (χ0) is 11.4. The smallest absolute Gasteiger partial charge is 0.234 e. The molecule has 0 heterocycles. The number of amides is 1. The zero-order valence-corrected chi connectivity index (χ0v) is 8.94. The molecule has 2 aromatic carbocycles. The van der Waals surface area contributed by atoms with Gasteiger partial charge in [-0.15, -0.1) is 0 Å². The van der Waals surface area contributed by atoms with Gasteiger partial charge in [0.25, 0.3) is 0 Å². The number of rotatable bonds is 3. The number of carbonyl (C=O) groups excluding carboxylic acids is 1. The van der Waals surface area contributed by atoms with Gasteiger partial charge in [-0.25, -0.2) is 5.84 Å². The van der Waals surface area contributed by atoms with Gasteiger partial charge in [-0.1, -0.05) is 42.5 Å². The summed E-state index contributed by atoms with van der Waals surface area (Å²) < 4.78 is 0. The third-order valence-electron chi connectivity index (χ3n) is 2.62. The minimum Gasteiger partial charge on any atom is -0.294 e. The van der Waals surface area contributed by atoms with Gasteiger partial charge < -0.3 is 0 Å². The van der Waals surface area contributed by atoms with Crippen LogP contribution in [0.15, 0.2) is 42.5 Å². The average molecular weight is 214 g/mol. The zero-order valence-electron chi connectivity index (χ0n) is 8.94. The Morgan fingerprint density at radius 2 is 1.88 bits per heavy atom. The normalized spacial score (nSPS) is 10.3. The van der Waals surface area contributed by atoms with Crippen LogP contribution in [-0.2, 0) is 11.2 Å². The van der Waals surface area contributed by atoms with Crippen LogP contribution in [0.25, 0.3) is 10.8 Å². The number of fused-ring (bicyclic) bond motifs is 1. The molecule has 0 bridgehead atoms. The summed E-state index contributed by atoms with van der Waals surface area (Å²) in [5.41, 5.74) is 3.29. The molecule has 3 nitrogen and oxygen atoms in total. The second kappa shape index (κ2) is 4.77. The highest BCUT2D eigenvalue weighted by atomic mass is 16.2. The van der Waals surface area contributed by atoms with Crippen molar-refractivity contribution in [3.8, 4) is 0 Å². The van der Waals surface area contributed by atoms with Gasteiger partial charge in [0, 0.05) is 6.42 Å². The number of aryl methyl sites for hydroxylation is 1. The van der Waals surface area contributed by atoms with Crippen molar-refractivity contribution < 1.29 is 4.79 Å². The van der Waals surface area contributed by atoms with Crippen LogP contribution < -0.4 is 11.3 Å². The molecule has 2 rings (SSSR count). The van der Waals surface area contributed by atoms with Gasteiger partial charge in [-0.3, -0.25) is 10.2 Å². The Morgan fingerprint density at radius 3 is 2.62 bits per heavy atom. The van der Waals surface area contributed by atoms with Gasteiger partial charge in [0.15, 0.2) is 0 Å². The van der Waals surface area contributed by atoms with Crippen molar-refractivity contribution in [2.24, 2.45) is 5.84 Å². The molecule has 0 unspecified atom stereocenters. The first-order chi connectivity index (χ1) is 7.79. The lowest BCUT2D eigenvalue weighted by molar-refractivity contribution is -0.121. The van der Waals surface area contributed by atoms with Crippen molar-refractivity contribution in [1.82, 2.24) is 5.43 Å². The van der Waals surface area contributed by atoms with Crippen LogP contribution in [0.1, 0.15) is 12.0 Å². The maximum absolute atomic E-state index is 11.0. The number of nitrogens with one attached hydrogen (secondary N) is 1. The molecule has 0 aliphatic heterocycles. The maximum atomic E-state index is 11.0. The molecule has 1 amide bonds. The molecule has 0 aromatic heterocycles. The molecule has 0 saturated carbocycles. The van der Waals surface area contributed by atoms with E-state index in [-0.39, 0.29) is 5.91 Å². The van der Waals surface area contributed by atoms with Crippen molar-refractivity contribution in [2.75, 3.05) is 0 Å². The molecule has 0 saturated heterocycles. The Kier molecular flexibility index (Phi) is 3.17. The first kappa shape index (κ1) is 10.6. The topological polar surface area (TPSA) is 55.1 Å². The second-order valence-corrected chi connectivity index (χ2v) is 3.75. The van der Waals surface area contributed by atoms with Gasteiger partial charge in [0.2, 0.25) is 5.91 Å². The lowest BCUT2D eigenvalue weighted by Gasteiger charge is -2.03. The lowest BCUT2D eigenvalue weighted by atomic mass is 10.0. The summed E-state index contributed by atoms with van der Waals surface area (Å²) in [6.45, 7) is 0. The van der Waals surface area contributed by atoms with E-state index in [2.05, 4.69) is 29.7 Å². The van der Waals surface area contributed by atoms with E-state index in [0.717, 1.165) is 5.56 Å². The van der Waals surface area contributed by atoms with Crippen LogP contribution in [0, 0.1) is 0 Å². The Morgan fingerprint density at radius 1 is 1.12 bits per heavy atom. The summed E-state index contributed by atoms with van der Waals surface area (Å²) >= 11 is 0. The van der Waals surface area contributed by atoms with Crippen molar-refractivity contribution in [3.05, 3.63) is 48.0 Å². The highest BCUT2D eigenvalue weighted by Crippen LogP contribution is 2.16. The molecule has 0 atom stereocenters. The van der Waals surface area contributed by atoms with Gasteiger partial charge in [-0.05, 0) is 22.8 Å². The van der Waals surface area contributed by atoms with Gasteiger partial charge in [0.05, 0.1) is 0 Å². The highest BCUT2D eigenvalue weighted by Gasteiger charge is 2.00.